The second kappa shape index (κ2) is 11.9. The smallest absolute Gasteiger partial charge is 0.410 e. The number of carbonyl (C=O) groups is 4. The van der Waals surface area contributed by atoms with E-state index in [1.165, 1.54) is 50.7 Å². The highest BCUT2D eigenvalue weighted by molar-refractivity contribution is 8.03. The summed E-state index contributed by atoms with van der Waals surface area (Å²) in [5.41, 5.74) is -1.06. The van der Waals surface area contributed by atoms with Gasteiger partial charge in [-0.1, -0.05) is 6.92 Å². The molecule has 234 valence electrons. The van der Waals surface area contributed by atoms with Crippen molar-refractivity contribution in [2.24, 2.45) is 11.8 Å². The van der Waals surface area contributed by atoms with Gasteiger partial charge in [-0.3, -0.25) is 24.6 Å². The predicted molar refractivity (Wildman–Crippen MR) is 160 cm³/mol. The first-order valence-electron chi connectivity index (χ1n) is 14.0. The van der Waals surface area contributed by atoms with Crippen molar-refractivity contribution < 1.29 is 38.4 Å². The molecule has 1 aromatic rings. The number of non-ortho nitro benzene ring substituents is 1. The SMILES string of the molecule is CC(O[Si](C)(C)C)[C@H]1C(=O)N2C(C(=O)O)=C(S[C@H]3CCN(C(=O)OCc4ccc([N+](=O)[O-])cc4)C3)[C@H](C)C12C(=O)N(C)C. The number of nitro benzene ring substituents is 1. The zero-order valence-electron chi connectivity index (χ0n) is 25.4. The molecule has 4 rings (SSSR count). The molecule has 2 saturated heterocycles. The van der Waals surface area contributed by atoms with Crippen LogP contribution in [0.1, 0.15) is 25.8 Å². The van der Waals surface area contributed by atoms with Crippen molar-refractivity contribution in [3.63, 3.8) is 0 Å². The van der Waals surface area contributed by atoms with Gasteiger partial charge < -0.3 is 24.1 Å². The van der Waals surface area contributed by atoms with Crippen LogP contribution >= 0.6 is 11.8 Å². The summed E-state index contributed by atoms with van der Waals surface area (Å²) >= 11 is 1.29. The molecule has 0 bridgehead atoms. The molecule has 2 unspecified atom stereocenters. The van der Waals surface area contributed by atoms with Crippen LogP contribution in [0.3, 0.4) is 0 Å². The molecule has 15 heteroatoms. The number of hydrogen-bond donors (Lipinski definition) is 1. The standard InChI is InChI=1S/C28H38N4O9SSi/c1-16-23(42-20-12-13-30(14-20)27(37)40-15-18-8-10-19(11-9-18)32(38)39)22(25(34)35)31-24(33)21(17(2)41-43(5,6)7)28(16,31)26(36)29(3)4/h8-11,16-17,20-21H,12-15H2,1-7H3,(H,34,35)/t16-,17?,20-,21-,28?/m0/s1. The summed E-state index contributed by atoms with van der Waals surface area (Å²) in [4.78, 5) is 67.7. The van der Waals surface area contributed by atoms with Crippen molar-refractivity contribution in [2.75, 3.05) is 27.2 Å². The van der Waals surface area contributed by atoms with Gasteiger partial charge in [0.2, 0.25) is 11.8 Å². The van der Waals surface area contributed by atoms with E-state index in [1.807, 2.05) is 19.6 Å². The number of carboxylic acid groups (broad SMARTS) is 1. The van der Waals surface area contributed by atoms with Gasteiger partial charge in [0.25, 0.3) is 5.69 Å². The van der Waals surface area contributed by atoms with Gasteiger partial charge in [0, 0.05) is 55.4 Å². The third kappa shape index (κ3) is 5.89. The van der Waals surface area contributed by atoms with E-state index in [9.17, 15) is 34.4 Å². The molecule has 3 amide bonds. The lowest BCUT2D eigenvalue weighted by Gasteiger charge is -2.57. The number of benzene rings is 1. The fourth-order valence-corrected chi connectivity index (χ4v) is 9.05. The zero-order chi connectivity index (χ0) is 32.0. The van der Waals surface area contributed by atoms with Crippen molar-refractivity contribution >= 4 is 49.6 Å². The van der Waals surface area contributed by atoms with Gasteiger partial charge in [0.1, 0.15) is 17.8 Å². The Morgan fingerprint density at radius 2 is 1.86 bits per heavy atom. The molecule has 43 heavy (non-hydrogen) atoms. The highest BCUT2D eigenvalue weighted by atomic mass is 32.2. The van der Waals surface area contributed by atoms with Gasteiger partial charge in [0.05, 0.1) is 16.9 Å². The van der Waals surface area contributed by atoms with Gasteiger partial charge in [-0.05, 0) is 50.7 Å². The number of hydrogen-bond acceptors (Lipinski definition) is 9. The molecule has 1 N–H and O–H groups in total. The molecule has 0 radical (unpaired) electrons. The molecular formula is C28H38N4O9SSi. The van der Waals surface area contributed by atoms with Crippen LogP contribution in [0, 0.1) is 22.0 Å². The lowest BCUT2D eigenvalue weighted by Crippen LogP contribution is -2.78. The topological polar surface area (TPSA) is 160 Å². The first kappa shape index (κ1) is 32.5. The monoisotopic (exact) mass is 634 g/mol. The molecular weight excluding hydrogens is 596 g/mol. The summed E-state index contributed by atoms with van der Waals surface area (Å²) in [7, 11) is 1.08. The number of nitrogens with zero attached hydrogens (tertiary/aromatic N) is 4. The van der Waals surface area contributed by atoms with Crippen LogP contribution in [-0.4, -0.2) is 101 Å². The van der Waals surface area contributed by atoms with E-state index in [2.05, 4.69) is 0 Å². The molecule has 0 saturated carbocycles. The highest BCUT2D eigenvalue weighted by Gasteiger charge is 2.75. The van der Waals surface area contributed by atoms with Crippen LogP contribution in [0.25, 0.3) is 0 Å². The van der Waals surface area contributed by atoms with E-state index >= 15 is 0 Å². The Bertz CT molecular complexity index is 1360. The number of aliphatic carboxylic acids is 1. The maximum atomic E-state index is 13.9. The van der Waals surface area contributed by atoms with Gasteiger partial charge in [0.15, 0.2) is 8.32 Å². The molecule has 13 nitrogen and oxygen atoms in total. The van der Waals surface area contributed by atoms with Crippen molar-refractivity contribution in [3.05, 3.63) is 50.5 Å². The van der Waals surface area contributed by atoms with Crippen molar-refractivity contribution in [3.8, 4) is 0 Å². The molecule has 5 atom stereocenters. The third-order valence-electron chi connectivity index (χ3n) is 8.01. The fourth-order valence-electron chi connectivity index (χ4n) is 6.29. The minimum absolute atomic E-state index is 0.0538. The van der Waals surface area contributed by atoms with E-state index < -0.39 is 54.7 Å². The maximum Gasteiger partial charge on any atom is 0.410 e. The van der Waals surface area contributed by atoms with E-state index in [0.717, 1.165) is 0 Å². The summed E-state index contributed by atoms with van der Waals surface area (Å²) in [6.07, 6.45) is -0.584. The molecule has 3 aliphatic rings. The minimum Gasteiger partial charge on any atom is -0.477 e. The number of carboxylic acids is 1. The summed E-state index contributed by atoms with van der Waals surface area (Å²) in [5, 5.41) is 21.0. The Labute approximate surface area is 255 Å². The number of β-lactam (4-membered cyclic amide) rings is 1. The van der Waals surface area contributed by atoms with Crippen molar-refractivity contribution in [2.45, 2.75) is 63.4 Å². The van der Waals surface area contributed by atoms with E-state index in [-0.39, 0.29) is 35.7 Å². The lowest BCUT2D eigenvalue weighted by molar-refractivity contribution is -0.384. The van der Waals surface area contributed by atoms with Crippen molar-refractivity contribution in [1.29, 1.82) is 0 Å². The molecule has 2 fully saturated rings. The third-order valence-corrected chi connectivity index (χ3v) is 10.6. The van der Waals surface area contributed by atoms with Crippen LogP contribution in [0.2, 0.25) is 19.6 Å². The number of amides is 3. The number of likely N-dealkylation sites (N-methyl/N-ethyl adjacent to an activating group) is 1. The summed E-state index contributed by atoms with van der Waals surface area (Å²) in [5.74, 6) is -3.54. The van der Waals surface area contributed by atoms with Gasteiger partial charge in [-0.25, -0.2) is 9.59 Å². The van der Waals surface area contributed by atoms with Crippen molar-refractivity contribution in [1.82, 2.24) is 14.7 Å². The predicted octanol–water partition coefficient (Wildman–Crippen LogP) is 3.51. The second-order valence-corrected chi connectivity index (χ2v) is 18.1. The summed E-state index contributed by atoms with van der Waals surface area (Å²) < 4.78 is 11.7. The number of nitro groups is 1. The molecule has 0 spiro atoms. The highest BCUT2D eigenvalue weighted by Crippen LogP contribution is 2.60. The minimum atomic E-state index is -2.10. The van der Waals surface area contributed by atoms with Crippen LogP contribution in [-0.2, 0) is 30.2 Å². The molecule has 1 aromatic carbocycles. The van der Waals surface area contributed by atoms with Crippen LogP contribution < -0.4 is 0 Å². The summed E-state index contributed by atoms with van der Waals surface area (Å²) in [6.45, 7) is 10.2. The lowest BCUT2D eigenvalue weighted by atomic mass is 9.65. The molecule has 0 aliphatic carbocycles. The van der Waals surface area contributed by atoms with Crippen LogP contribution in [0.5, 0.6) is 0 Å². The first-order valence-corrected chi connectivity index (χ1v) is 18.3. The Balaban J connectivity index is 1.51. The molecule has 0 aromatic heterocycles. The van der Waals surface area contributed by atoms with Gasteiger partial charge in [-0.15, -0.1) is 11.8 Å². The van der Waals surface area contributed by atoms with Crippen LogP contribution in [0.15, 0.2) is 34.9 Å². The Morgan fingerprint density at radius 1 is 1.23 bits per heavy atom. The quantitative estimate of drug-likeness (QED) is 0.175. The fraction of sp³-hybridized carbons (Fsp3) is 0.571. The number of fused-ring (bicyclic) bond motifs is 1. The number of rotatable bonds is 10. The average molecular weight is 635 g/mol. The van der Waals surface area contributed by atoms with E-state index in [0.29, 0.717) is 23.4 Å². The average Bonchev–Trinajstić information content (AvgIpc) is 3.46. The number of carbonyl (C=O) groups excluding carboxylic acids is 3. The second-order valence-electron chi connectivity index (χ2n) is 12.3. The summed E-state index contributed by atoms with van der Waals surface area (Å²) in [6, 6.07) is 5.72. The number of likely N-dealkylation sites (tertiary alicyclic amines) is 1. The van der Waals surface area contributed by atoms with Crippen LogP contribution in [0.4, 0.5) is 10.5 Å². The Hall–Kier alpha value is -3.43. The Morgan fingerprint density at radius 3 is 2.40 bits per heavy atom. The maximum absolute atomic E-state index is 13.9. The Kier molecular flexibility index (Phi) is 9.01. The first-order chi connectivity index (χ1) is 20.0. The largest absolute Gasteiger partial charge is 0.477 e. The zero-order valence-corrected chi connectivity index (χ0v) is 27.2. The van der Waals surface area contributed by atoms with Gasteiger partial charge >= 0.3 is 12.1 Å². The number of ether oxygens (including phenoxy) is 1. The number of thioether (sulfide) groups is 1. The molecule has 3 heterocycles. The molecule has 3 aliphatic heterocycles. The van der Waals surface area contributed by atoms with E-state index in [1.54, 1.807) is 27.9 Å². The van der Waals surface area contributed by atoms with Gasteiger partial charge in [-0.2, -0.15) is 0 Å². The van der Waals surface area contributed by atoms with E-state index in [4.69, 9.17) is 9.16 Å². The normalized spacial score (nSPS) is 25.7.